The topological polar surface area (TPSA) is 63.8 Å². The van der Waals surface area contributed by atoms with Crippen LogP contribution in [0.1, 0.15) is 30.3 Å². The maximum atomic E-state index is 5.39. The van der Waals surface area contributed by atoms with Crippen LogP contribution in [0.25, 0.3) is 22.4 Å². The Bertz CT molecular complexity index is 790. The minimum Gasteiger partial charge on any atom is -0.337 e. The van der Waals surface area contributed by atoms with Gasteiger partial charge in [0.2, 0.25) is 11.7 Å². The van der Waals surface area contributed by atoms with Crippen LogP contribution in [0, 0.1) is 6.92 Å². The van der Waals surface area contributed by atoms with Crippen molar-refractivity contribution in [1.29, 1.82) is 0 Å². The highest BCUT2D eigenvalue weighted by molar-refractivity contribution is 5.84. The average molecular weight is 280 g/mol. The Kier molecular flexibility index (Phi) is 2.93. The van der Waals surface area contributed by atoms with Crippen LogP contribution in [0.3, 0.4) is 0 Å². The molecule has 0 amide bonds. The molecule has 1 aliphatic heterocycles. The van der Waals surface area contributed by atoms with Crippen LogP contribution < -0.4 is 5.32 Å². The minimum absolute atomic E-state index is 0.188. The number of fused-ring (bicyclic) bond motifs is 1. The van der Waals surface area contributed by atoms with Crippen molar-refractivity contribution in [2.24, 2.45) is 0 Å². The van der Waals surface area contributed by atoms with E-state index >= 15 is 0 Å². The van der Waals surface area contributed by atoms with Crippen LogP contribution in [-0.2, 0) is 0 Å². The van der Waals surface area contributed by atoms with E-state index in [9.17, 15) is 0 Å². The fourth-order valence-electron chi connectivity index (χ4n) is 2.84. The summed E-state index contributed by atoms with van der Waals surface area (Å²) in [5.41, 5.74) is 2.89. The molecule has 0 spiro atoms. The third-order valence-corrected chi connectivity index (χ3v) is 3.95. The molecule has 5 heteroatoms. The number of nitrogens with one attached hydrogen (secondary N) is 1. The number of hydrogen-bond acceptors (Lipinski definition) is 5. The van der Waals surface area contributed by atoms with Crippen molar-refractivity contribution in [3.63, 3.8) is 0 Å². The number of nitrogens with zero attached hydrogens (tertiary/aromatic N) is 3. The van der Waals surface area contributed by atoms with Crippen molar-refractivity contribution in [2.75, 3.05) is 6.54 Å². The van der Waals surface area contributed by atoms with Crippen LogP contribution in [-0.4, -0.2) is 21.7 Å². The lowest BCUT2D eigenvalue weighted by atomic mass is 10.1. The van der Waals surface area contributed by atoms with E-state index < -0.39 is 0 Å². The number of pyridine rings is 1. The maximum absolute atomic E-state index is 5.39. The summed E-state index contributed by atoms with van der Waals surface area (Å²) in [4.78, 5) is 9.15. The van der Waals surface area contributed by atoms with Gasteiger partial charge in [-0.3, -0.25) is 0 Å². The van der Waals surface area contributed by atoms with Crippen molar-refractivity contribution < 1.29 is 4.52 Å². The van der Waals surface area contributed by atoms with E-state index in [-0.39, 0.29) is 6.04 Å². The number of hydrogen-bond donors (Lipinski definition) is 1. The number of aromatic nitrogens is 3. The maximum Gasteiger partial charge on any atom is 0.244 e. The molecule has 3 aromatic rings. The molecule has 3 heterocycles. The summed E-state index contributed by atoms with van der Waals surface area (Å²) in [5.74, 6) is 1.22. The summed E-state index contributed by atoms with van der Waals surface area (Å²) in [7, 11) is 0. The normalized spacial score (nSPS) is 18.4. The first-order valence-corrected chi connectivity index (χ1v) is 7.25. The molecule has 1 fully saturated rings. The predicted molar refractivity (Wildman–Crippen MR) is 79.7 cm³/mol. The lowest BCUT2D eigenvalue weighted by Gasteiger charge is -2.03. The van der Waals surface area contributed by atoms with E-state index in [0.717, 1.165) is 36.0 Å². The van der Waals surface area contributed by atoms with Gasteiger partial charge in [-0.2, -0.15) is 4.98 Å². The third-order valence-electron chi connectivity index (χ3n) is 3.95. The first kappa shape index (κ1) is 12.5. The first-order valence-electron chi connectivity index (χ1n) is 7.25. The lowest BCUT2D eigenvalue weighted by molar-refractivity contribution is 0.345. The van der Waals surface area contributed by atoms with E-state index in [1.165, 1.54) is 5.56 Å². The summed E-state index contributed by atoms with van der Waals surface area (Å²) in [6.07, 6.45) is 2.20. The largest absolute Gasteiger partial charge is 0.337 e. The predicted octanol–water partition coefficient (Wildman–Crippen LogP) is 3.02. The van der Waals surface area contributed by atoms with Gasteiger partial charge in [-0.05, 0) is 44.0 Å². The van der Waals surface area contributed by atoms with Crippen molar-refractivity contribution in [1.82, 2.24) is 20.4 Å². The first-order chi connectivity index (χ1) is 10.3. The zero-order chi connectivity index (χ0) is 14.2. The van der Waals surface area contributed by atoms with E-state index in [2.05, 4.69) is 33.4 Å². The van der Waals surface area contributed by atoms with Crippen LogP contribution in [0.2, 0.25) is 0 Å². The highest BCUT2D eigenvalue weighted by Gasteiger charge is 2.23. The van der Waals surface area contributed by atoms with Gasteiger partial charge < -0.3 is 9.84 Å². The van der Waals surface area contributed by atoms with Gasteiger partial charge in [0, 0.05) is 5.39 Å². The summed E-state index contributed by atoms with van der Waals surface area (Å²) in [6, 6.07) is 10.3. The molecule has 21 heavy (non-hydrogen) atoms. The molecule has 1 aliphatic rings. The summed E-state index contributed by atoms with van der Waals surface area (Å²) in [5, 5.41) is 8.61. The molecule has 1 aromatic carbocycles. The SMILES string of the molecule is Cc1cc(-c2noc([C@H]3CCCN3)n2)nc2ccccc12. The molecule has 4 rings (SSSR count). The van der Waals surface area contributed by atoms with Crippen molar-refractivity contribution in [2.45, 2.75) is 25.8 Å². The number of benzene rings is 1. The Labute approximate surface area is 122 Å². The second kappa shape index (κ2) is 4.93. The van der Waals surface area contributed by atoms with Crippen LogP contribution in [0.4, 0.5) is 0 Å². The second-order valence-electron chi connectivity index (χ2n) is 5.45. The summed E-state index contributed by atoms with van der Waals surface area (Å²) >= 11 is 0. The van der Waals surface area contributed by atoms with Gasteiger partial charge in [-0.25, -0.2) is 4.98 Å². The van der Waals surface area contributed by atoms with Gasteiger partial charge in [-0.15, -0.1) is 0 Å². The van der Waals surface area contributed by atoms with Gasteiger partial charge in [0.15, 0.2) is 0 Å². The minimum atomic E-state index is 0.188. The summed E-state index contributed by atoms with van der Waals surface area (Å²) < 4.78 is 5.39. The van der Waals surface area contributed by atoms with Gasteiger partial charge in [-0.1, -0.05) is 23.4 Å². The van der Waals surface area contributed by atoms with E-state index in [4.69, 9.17) is 4.52 Å². The average Bonchev–Trinajstić information content (AvgIpc) is 3.18. The third kappa shape index (κ3) is 2.19. The Hall–Kier alpha value is -2.27. The molecule has 0 bridgehead atoms. The molecule has 0 aliphatic carbocycles. The zero-order valence-electron chi connectivity index (χ0n) is 11.8. The van der Waals surface area contributed by atoms with Gasteiger partial charge >= 0.3 is 0 Å². The molecule has 1 atom stereocenters. The van der Waals surface area contributed by atoms with Crippen LogP contribution >= 0.6 is 0 Å². The van der Waals surface area contributed by atoms with Crippen molar-refractivity contribution in [3.8, 4) is 11.5 Å². The van der Waals surface area contributed by atoms with Crippen molar-refractivity contribution >= 4 is 10.9 Å². The smallest absolute Gasteiger partial charge is 0.244 e. The van der Waals surface area contributed by atoms with Gasteiger partial charge in [0.05, 0.1) is 11.6 Å². The zero-order valence-corrected chi connectivity index (χ0v) is 11.8. The molecule has 2 aromatic heterocycles. The second-order valence-corrected chi connectivity index (χ2v) is 5.45. The monoisotopic (exact) mass is 280 g/mol. The fraction of sp³-hybridized carbons (Fsp3) is 0.312. The van der Waals surface area contributed by atoms with Crippen LogP contribution in [0.5, 0.6) is 0 Å². The molecule has 1 N–H and O–H groups in total. The lowest BCUT2D eigenvalue weighted by Crippen LogP contribution is -2.12. The number of aryl methyl sites for hydroxylation is 1. The van der Waals surface area contributed by atoms with Gasteiger partial charge in [0.1, 0.15) is 5.69 Å². The standard InChI is InChI=1S/C16H16N4O/c1-10-9-14(18-12-6-3-2-5-11(10)12)15-19-16(21-20-15)13-7-4-8-17-13/h2-3,5-6,9,13,17H,4,7-8H2,1H3/t13-/m1/s1. The van der Waals surface area contributed by atoms with Gasteiger partial charge in [0.25, 0.3) is 0 Å². The van der Waals surface area contributed by atoms with E-state index in [1.807, 2.05) is 24.3 Å². The number of para-hydroxylation sites is 1. The molecule has 5 nitrogen and oxygen atoms in total. The molecular weight excluding hydrogens is 264 g/mol. The Morgan fingerprint density at radius 1 is 1.24 bits per heavy atom. The highest BCUT2D eigenvalue weighted by atomic mass is 16.5. The molecule has 1 saturated heterocycles. The highest BCUT2D eigenvalue weighted by Crippen LogP contribution is 2.26. The Morgan fingerprint density at radius 3 is 3.00 bits per heavy atom. The number of rotatable bonds is 2. The Balaban J connectivity index is 1.76. The van der Waals surface area contributed by atoms with Crippen LogP contribution in [0.15, 0.2) is 34.9 Å². The van der Waals surface area contributed by atoms with E-state index in [1.54, 1.807) is 0 Å². The Morgan fingerprint density at radius 2 is 2.14 bits per heavy atom. The molecule has 0 saturated carbocycles. The van der Waals surface area contributed by atoms with Crippen molar-refractivity contribution in [3.05, 3.63) is 41.8 Å². The fourth-order valence-corrected chi connectivity index (χ4v) is 2.84. The summed E-state index contributed by atoms with van der Waals surface area (Å²) in [6.45, 7) is 3.09. The quantitative estimate of drug-likeness (QED) is 0.781. The molecule has 0 unspecified atom stereocenters. The molecule has 0 radical (unpaired) electrons. The molecular formula is C16H16N4O. The van der Waals surface area contributed by atoms with E-state index in [0.29, 0.717) is 11.7 Å². The molecule has 106 valence electrons.